The lowest BCUT2D eigenvalue weighted by Crippen LogP contribution is -2.19. The van der Waals surface area contributed by atoms with Gasteiger partial charge in [-0.1, -0.05) is 0 Å². The molecular weight excluding hydrogens is 331 g/mol. The van der Waals surface area contributed by atoms with Crippen LogP contribution < -0.4 is 16.0 Å². The summed E-state index contributed by atoms with van der Waals surface area (Å²) in [6.07, 6.45) is 1.81. The van der Waals surface area contributed by atoms with Crippen molar-refractivity contribution < 1.29 is 18.7 Å². The minimum absolute atomic E-state index is 0.123. The van der Waals surface area contributed by atoms with Crippen molar-refractivity contribution in [3.05, 3.63) is 46.6 Å². The Bertz CT molecular complexity index is 801. The van der Waals surface area contributed by atoms with Gasteiger partial charge in [0.1, 0.15) is 18.2 Å². The van der Waals surface area contributed by atoms with Gasteiger partial charge in [-0.2, -0.15) is 0 Å². The maximum absolute atomic E-state index is 13.6. The SMILES string of the molecule is CCOC(=O)C/C=C(\NN)c1cc2c(s1)-c1cc(F)ccc1OC2. The van der Waals surface area contributed by atoms with Gasteiger partial charge in [-0.15, -0.1) is 11.3 Å². The predicted octanol–water partition coefficient (Wildman–Crippen LogP) is 3.20. The van der Waals surface area contributed by atoms with Gasteiger partial charge in [0.25, 0.3) is 0 Å². The highest BCUT2D eigenvalue weighted by Gasteiger charge is 2.22. The Balaban J connectivity index is 1.91. The molecule has 3 N–H and O–H groups in total. The molecule has 0 saturated carbocycles. The van der Waals surface area contributed by atoms with Crippen molar-refractivity contribution in [2.45, 2.75) is 20.0 Å². The molecule has 1 aliphatic rings. The van der Waals surface area contributed by atoms with Gasteiger partial charge in [-0.05, 0) is 37.3 Å². The Hall–Kier alpha value is -2.38. The van der Waals surface area contributed by atoms with Crippen LogP contribution in [-0.4, -0.2) is 12.6 Å². The molecular formula is C17H17FN2O3S. The number of ether oxygens (including phenoxy) is 2. The van der Waals surface area contributed by atoms with Crippen LogP contribution >= 0.6 is 11.3 Å². The lowest BCUT2D eigenvalue weighted by atomic mass is 10.1. The average Bonchev–Trinajstić information content (AvgIpc) is 3.00. The second-order valence-electron chi connectivity index (χ2n) is 5.17. The van der Waals surface area contributed by atoms with Crippen molar-refractivity contribution in [3.8, 4) is 16.2 Å². The van der Waals surface area contributed by atoms with Crippen LogP contribution in [0, 0.1) is 5.82 Å². The van der Waals surface area contributed by atoms with E-state index in [9.17, 15) is 9.18 Å². The molecule has 0 spiro atoms. The third-order valence-corrected chi connectivity index (χ3v) is 4.82. The minimum atomic E-state index is -0.317. The number of halogens is 1. The third-order valence-electron chi connectivity index (χ3n) is 3.58. The van der Waals surface area contributed by atoms with Gasteiger partial charge in [0.05, 0.1) is 23.6 Å². The number of hydrazine groups is 1. The maximum Gasteiger partial charge on any atom is 0.309 e. The van der Waals surface area contributed by atoms with Crippen LogP contribution in [0.25, 0.3) is 16.1 Å². The molecule has 0 aliphatic carbocycles. The fourth-order valence-corrected chi connectivity index (χ4v) is 3.69. The molecule has 3 rings (SSSR count). The molecule has 1 aromatic heterocycles. The van der Waals surface area contributed by atoms with Crippen LogP contribution in [0.15, 0.2) is 30.3 Å². The van der Waals surface area contributed by atoms with Gasteiger partial charge in [0.2, 0.25) is 0 Å². The number of hydrogen-bond donors (Lipinski definition) is 2. The Kier molecular flexibility index (Phi) is 4.82. The topological polar surface area (TPSA) is 73.6 Å². The molecule has 5 nitrogen and oxygen atoms in total. The first-order chi connectivity index (χ1) is 11.6. The summed E-state index contributed by atoms with van der Waals surface area (Å²) < 4.78 is 24.1. The van der Waals surface area contributed by atoms with Gasteiger partial charge in [-0.25, -0.2) is 4.39 Å². The average molecular weight is 348 g/mol. The molecule has 0 radical (unpaired) electrons. The Labute approximate surface area is 142 Å². The van der Waals surface area contributed by atoms with E-state index in [2.05, 4.69) is 5.43 Å². The molecule has 0 atom stereocenters. The number of benzene rings is 1. The number of rotatable bonds is 5. The Morgan fingerprint density at radius 2 is 2.33 bits per heavy atom. The highest BCUT2D eigenvalue weighted by Crippen LogP contribution is 2.43. The molecule has 0 amide bonds. The number of fused-ring (bicyclic) bond motifs is 3. The zero-order valence-corrected chi connectivity index (χ0v) is 13.9. The van der Waals surface area contributed by atoms with Crippen LogP contribution in [0.2, 0.25) is 0 Å². The van der Waals surface area contributed by atoms with Crippen molar-refractivity contribution in [1.82, 2.24) is 5.43 Å². The van der Waals surface area contributed by atoms with Crippen molar-refractivity contribution in [3.63, 3.8) is 0 Å². The Morgan fingerprint density at radius 1 is 1.50 bits per heavy atom. The normalized spacial score (nSPS) is 12.9. The smallest absolute Gasteiger partial charge is 0.309 e. The van der Waals surface area contributed by atoms with E-state index in [0.29, 0.717) is 24.7 Å². The van der Waals surface area contributed by atoms with Gasteiger partial charge in [-0.3, -0.25) is 10.6 Å². The summed E-state index contributed by atoms with van der Waals surface area (Å²) in [6, 6.07) is 6.41. The minimum Gasteiger partial charge on any atom is -0.488 e. The van der Waals surface area contributed by atoms with E-state index in [0.717, 1.165) is 20.9 Å². The van der Waals surface area contributed by atoms with E-state index in [-0.39, 0.29) is 18.2 Å². The van der Waals surface area contributed by atoms with Gasteiger partial charge >= 0.3 is 5.97 Å². The molecule has 2 heterocycles. The summed E-state index contributed by atoms with van der Waals surface area (Å²) in [5.74, 6) is 5.62. The van der Waals surface area contributed by atoms with Crippen LogP contribution in [0.3, 0.4) is 0 Å². The standard InChI is InChI=1S/C17H17FN2O3S/c1-2-22-16(21)6-4-13(20-19)15-7-10-9-23-14-5-3-11(18)8-12(14)17(10)24-15/h3-5,7-8,20H,2,6,9,19H2,1H3/b13-4-. The summed E-state index contributed by atoms with van der Waals surface area (Å²) in [5.41, 5.74) is 4.93. The van der Waals surface area contributed by atoms with E-state index in [1.165, 1.54) is 23.5 Å². The van der Waals surface area contributed by atoms with Gasteiger partial charge in [0, 0.05) is 16.0 Å². The molecule has 24 heavy (non-hydrogen) atoms. The molecule has 2 aromatic rings. The third kappa shape index (κ3) is 3.27. The van der Waals surface area contributed by atoms with Crippen LogP contribution in [0.4, 0.5) is 4.39 Å². The first-order valence-corrected chi connectivity index (χ1v) is 8.32. The summed E-state index contributed by atoms with van der Waals surface area (Å²) in [7, 11) is 0. The maximum atomic E-state index is 13.6. The predicted molar refractivity (Wildman–Crippen MR) is 90.6 cm³/mol. The van der Waals surface area contributed by atoms with E-state index in [1.807, 2.05) is 6.07 Å². The summed E-state index contributed by atoms with van der Waals surface area (Å²) in [4.78, 5) is 13.3. The first kappa shape index (κ1) is 16.5. The number of esters is 1. The van der Waals surface area contributed by atoms with Crippen LogP contribution in [0.5, 0.6) is 5.75 Å². The van der Waals surface area contributed by atoms with Gasteiger partial charge in [0.15, 0.2) is 0 Å². The molecule has 7 heteroatoms. The molecule has 0 bridgehead atoms. The second-order valence-corrected chi connectivity index (χ2v) is 6.22. The number of thiophene rings is 1. The summed E-state index contributed by atoms with van der Waals surface area (Å²) >= 11 is 1.47. The lowest BCUT2D eigenvalue weighted by Gasteiger charge is -2.17. The van der Waals surface area contributed by atoms with Crippen LogP contribution in [-0.2, 0) is 16.1 Å². The van der Waals surface area contributed by atoms with E-state index < -0.39 is 0 Å². The van der Waals surface area contributed by atoms with E-state index in [4.69, 9.17) is 15.3 Å². The molecule has 0 unspecified atom stereocenters. The number of nitrogens with two attached hydrogens (primary N) is 1. The monoisotopic (exact) mass is 348 g/mol. The van der Waals surface area contributed by atoms with Crippen molar-refractivity contribution >= 4 is 23.0 Å². The number of nitrogens with one attached hydrogen (secondary N) is 1. The zero-order valence-electron chi connectivity index (χ0n) is 13.1. The zero-order chi connectivity index (χ0) is 17.1. The van der Waals surface area contributed by atoms with E-state index in [1.54, 1.807) is 19.1 Å². The highest BCUT2D eigenvalue weighted by molar-refractivity contribution is 7.16. The van der Waals surface area contributed by atoms with Crippen molar-refractivity contribution in [2.75, 3.05) is 6.61 Å². The number of hydrogen-bond acceptors (Lipinski definition) is 6. The fraction of sp³-hybridized carbons (Fsp3) is 0.235. The fourth-order valence-electron chi connectivity index (χ4n) is 2.49. The first-order valence-electron chi connectivity index (χ1n) is 7.50. The molecule has 0 saturated heterocycles. The summed E-state index contributed by atoms with van der Waals surface area (Å²) in [6.45, 7) is 2.51. The van der Waals surface area contributed by atoms with Crippen molar-refractivity contribution in [2.24, 2.45) is 5.84 Å². The number of carbonyl (C=O) groups excluding carboxylic acids is 1. The number of carbonyl (C=O) groups is 1. The quantitative estimate of drug-likeness (QED) is 0.493. The molecule has 126 valence electrons. The Morgan fingerprint density at radius 3 is 3.08 bits per heavy atom. The van der Waals surface area contributed by atoms with E-state index >= 15 is 0 Å². The van der Waals surface area contributed by atoms with Gasteiger partial charge < -0.3 is 14.9 Å². The largest absolute Gasteiger partial charge is 0.488 e. The second kappa shape index (κ2) is 7.02. The summed E-state index contributed by atoms with van der Waals surface area (Å²) in [5, 5.41) is 0. The highest BCUT2D eigenvalue weighted by atomic mass is 32.1. The lowest BCUT2D eigenvalue weighted by molar-refractivity contribution is -0.142. The molecule has 1 aliphatic heterocycles. The molecule has 1 aromatic carbocycles. The van der Waals surface area contributed by atoms with Crippen molar-refractivity contribution in [1.29, 1.82) is 0 Å². The molecule has 0 fully saturated rings. The van der Waals surface area contributed by atoms with Crippen LogP contribution in [0.1, 0.15) is 23.8 Å².